The molecule has 1 unspecified atom stereocenters. The van der Waals surface area contributed by atoms with Crippen LogP contribution < -0.4 is 0 Å². The first-order chi connectivity index (χ1) is 11.3. The molecule has 3 aromatic rings. The van der Waals surface area contributed by atoms with Crippen LogP contribution in [0.15, 0.2) is 48.7 Å². The summed E-state index contributed by atoms with van der Waals surface area (Å²) in [7, 11) is 2.20. The third-order valence-corrected chi connectivity index (χ3v) is 4.71. The number of likely N-dealkylation sites (tertiary alicyclic amines) is 1. The first-order valence-corrected chi connectivity index (χ1v) is 8.35. The van der Waals surface area contributed by atoms with Crippen molar-refractivity contribution >= 4 is 11.2 Å². The molecule has 23 heavy (non-hydrogen) atoms. The normalized spacial score (nSPS) is 19.3. The maximum Gasteiger partial charge on any atom is 0.160 e. The Morgan fingerprint density at radius 3 is 2.83 bits per heavy atom. The molecule has 0 amide bonds. The molecule has 0 N–H and O–H groups in total. The Balaban J connectivity index is 1.78. The summed E-state index contributed by atoms with van der Waals surface area (Å²) in [5, 5.41) is 0. The Kier molecular flexibility index (Phi) is 3.83. The van der Waals surface area contributed by atoms with E-state index in [0.717, 1.165) is 24.3 Å². The van der Waals surface area contributed by atoms with Gasteiger partial charge in [0.1, 0.15) is 11.3 Å². The lowest BCUT2D eigenvalue weighted by Gasteiger charge is -2.29. The fourth-order valence-electron chi connectivity index (χ4n) is 3.59. The molecule has 1 atom stereocenters. The van der Waals surface area contributed by atoms with Crippen molar-refractivity contribution in [2.24, 2.45) is 0 Å². The van der Waals surface area contributed by atoms with Crippen molar-refractivity contribution < 1.29 is 0 Å². The predicted molar refractivity (Wildman–Crippen MR) is 92.5 cm³/mol. The van der Waals surface area contributed by atoms with Crippen LogP contribution in [0.2, 0.25) is 0 Å². The average Bonchev–Trinajstić information content (AvgIpc) is 2.95. The van der Waals surface area contributed by atoms with Crippen LogP contribution in [0.1, 0.15) is 30.1 Å². The van der Waals surface area contributed by atoms with Crippen LogP contribution in [0.25, 0.3) is 11.2 Å². The SMILES string of the molecule is CN1CCCC(c2nc3cccnc3n2Cc2ccccc2)C1. The Morgan fingerprint density at radius 1 is 1.13 bits per heavy atom. The fourth-order valence-corrected chi connectivity index (χ4v) is 3.59. The van der Waals surface area contributed by atoms with Crippen LogP contribution in [-0.4, -0.2) is 39.6 Å². The van der Waals surface area contributed by atoms with Gasteiger partial charge in [0.05, 0.1) is 6.54 Å². The van der Waals surface area contributed by atoms with Crippen LogP contribution in [0, 0.1) is 0 Å². The number of pyridine rings is 1. The van der Waals surface area contributed by atoms with E-state index in [2.05, 4.69) is 57.9 Å². The van der Waals surface area contributed by atoms with Crippen LogP contribution in [0.5, 0.6) is 0 Å². The lowest BCUT2D eigenvalue weighted by molar-refractivity contribution is 0.243. The summed E-state index contributed by atoms with van der Waals surface area (Å²) in [5.41, 5.74) is 3.30. The second kappa shape index (κ2) is 6.13. The molecule has 0 aliphatic carbocycles. The molecule has 0 bridgehead atoms. The molecule has 4 rings (SSSR count). The summed E-state index contributed by atoms with van der Waals surface area (Å²) in [6.45, 7) is 3.11. The number of aromatic nitrogens is 3. The van der Waals surface area contributed by atoms with Gasteiger partial charge in [-0.25, -0.2) is 9.97 Å². The fraction of sp³-hybridized carbons (Fsp3) is 0.368. The third-order valence-electron chi connectivity index (χ3n) is 4.71. The second-order valence-electron chi connectivity index (χ2n) is 6.49. The van der Waals surface area contributed by atoms with Crippen molar-refractivity contribution in [3.05, 3.63) is 60.0 Å². The molecule has 0 radical (unpaired) electrons. The molecule has 4 nitrogen and oxygen atoms in total. The number of hydrogen-bond acceptors (Lipinski definition) is 3. The van der Waals surface area contributed by atoms with E-state index in [4.69, 9.17) is 4.98 Å². The zero-order valence-corrected chi connectivity index (χ0v) is 13.5. The summed E-state index contributed by atoms with van der Waals surface area (Å²) < 4.78 is 2.31. The second-order valence-corrected chi connectivity index (χ2v) is 6.49. The highest BCUT2D eigenvalue weighted by Gasteiger charge is 2.25. The van der Waals surface area contributed by atoms with Crippen LogP contribution in [-0.2, 0) is 6.54 Å². The van der Waals surface area contributed by atoms with Gasteiger partial charge < -0.3 is 9.47 Å². The summed E-state index contributed by atoms with van der Waals surface area (Å²) in [4.78, 5) is 11.9. The van der Waals surface area contributed by atoms with E-state index in [0.29, 0.717) is 5.92 Å². The smallest absolute Gasteiger partial charge is 0.160 e. The minimum absolute atomic E-state index is 0.492. The quantitative estimate of drug-likeness (QED) is 0.744. The maximum atomic E-state index is 4.94. The molecule has 4 heteroatoms. The topological polar surface area (TPSA) is 34.0 Å². The van der Waals surface area contributed by atoms with E-state index in [1.54, 1.807) is 0 Å². The number of fused-ring (bicyclic) bond motifs is 1. The molecular weight excluding hydrogens is 284 g/mol. The molecule has 0 spiro atoms. The van der Waals surface area contributed by atoms with Crippen molar-refractivity contribution in [3.63, 3.8) is 0 Å². The summed E-state index contributed by atoms with van der Waals surface area (Å²) in [6, 6.07) is 14.6. The molecular formula is C19H22N4. The van der Waals surface area contributed by atoms with E-state index in [1.165, 1.54) is 30.8 Å². The van der Waals surface area contributed by atoms with Gasteiger partial charge in [-0.15, -0.1) is 0 Å². The Labute approximate surface area is 136 Å². The monoisotopic (exact) mass is 306 g/mol. The van der Waals surface area contributed by atoms with Crippen LogP contribution in [0.3, 0.4) is 0 Å². The molecule has 0 saturated carbocycles. The van der Waals surface area contributed by atoms with Gasteiger partial charge in [0, 0.05) is 18.7 Å². The first-order valence-electron chi connectivity index (χ1n) is 8.35. The highest BCUT2D eigenvalue weighted by molar-refractivity contribution is 5.71. The number of likely N-dealkylation sites (N-methyl/N-ethyl adjacent to an activating group) is 1. The van der Waals surface area contributed by atoms with Gasteiger partial charge in [-0.2, -0.15) is 0 Å². The number of benzene rings is 1. The molecule has 2 aromatic heterocycles. The summed E-state index contributed by atoms with van der Waals surface area (Å²) >= 11 is 0. The van der Waals surface area contributed by atoms with Gasteiger partial charge in [-0.3, -0.25) is 0 Å². The molecule has 1 aromatic carbocycles. The highest BCUT2D eigenvalue weighted by Crippen LogP contribution is 2.28. The van der Waals surface area contributed by atoms with Crippen molar-refractivity contribution in [1.82, 2.24) is 19.4 Å². The zero-order valence-electron chi connectivity index (χ0n) is 13.5. The van der Waals surface area contributed by atoms with Gasteiger partial charge >= 0.3 is 0 Å². The van der Waals surface area contributed by atoms with E-state index in [9.17, 15) is 0 Å². The number of rotatable bonds is 3. The highest BCUT2D eigenvalue weighted by atomic mass is 15.2. The summed E-state index contributed by atoms with van der Waals surface area (Å²) in [5.74, 6) is 1.68. The lowest BCUT2D eigenvalue weighted by Crippen LogP contribution is -2.32. The Morgan fingerprint density at radius 2 is 2.00 bits per heavy atom. The molecule has 3 heterocycles. The average molecular weight is 306 g/mol. The minimum atomic E-state index is 0.492. The van der Waals surface area contributed by atoms with Crippen molar-refractivity contribution in [1.29, 1.82) is 0 Å². The van der Waals surface area contributed by atoms with E-state index in [-0.39, 0.29) is 0 Å². The number of piperidine rings is 1. The van der Waals surface area contributed by atoms with E-state index < -0.39 is 0 Å². The molecule has 1 saturated heterocycles. The molecule has 1 aliphatic heterocycles. The minimum Gasteiger partial charge on any atom is -0.308 e. The lowest BCUT2D eigenvalue weighted by atomic mass is 9.97. The number of imidazole rings is 1. The van der Waals surface area contributed by atoms with E-state index in [1.807, 2.05) is 12.3 Å². The third kappa shape index (κ3) is 2.86. The van der Waals surface area contributed by atoms with E-state index >= 15 is 0 Å². The predicted octanol–water partition coefficient (Wildman–Crippen LogP) is 3.29. The molecule has 1 aliphatic rings. The standard InChI is InChI=1S/C19H22N4/c1-22-12-6-9-16(14-22)18-21-17-10-5-11-20-19(17)23(18)13-15-7-3-2-4-8-15/h2-5,7-8,10-11,16H,6,9,12-14H2,1H3. The maximum absolute atomic E-state index is 4.94. The summed E-state index contributed by atoms with van der Waals surface area (Å²) in [6.07, 6.45) is 4.31. The van der Waals surface area contributed by atoms with Crippen molar-refractivity contribution in [2.45, 2.75) is 25.3 Å². The number of hydrogen-bond donors (Lipinski definition) is 0. The van der Waals surface area contributed by atoms with Crippen molar-refractivity contribution in [3.8, 4) is 0 Å². The van der Waals surface area contributed by atoms with Gasteiger partial charge in [0.15, 0.2) is 5.65 Å². The number of nitrogens with zero attached hydrogens (tertiary/aromatic N) is 4. The van der Waals surface area contributed by atoms with Crippen LogP contribution in [0.4, 0.5) is 0 Å². The van der Waals surface area contributed by atoms with Gasteiger partial charge in [0.25, 0.3) is 0 Å². The largest absolute Gasteiger partial charge is 0.308 e. The van der Waals surface area contributed by atoms with Crippen LogP contribution >= 0.6 is 0 Å². The molecule has 1 fully saturated rings. The Bertz CT molecular complexity index is 793. The zero-order chi connectivity index (χ0) is 15.6. The van der Waals surface area contributed by atoms with Gasteiger partial charge in [-0.1, -0.05) is 30.3 Å². The van der Waals surface area contributed by atoms with Crippen molar-refractivity contribution in [2.75, 3.05) is 20.1 Å². The van der Waals surface area contributed by atoms with Gasteiger partial charge in [-0.05, 0) is 44.1 Å². The Hall–Kier alpha value is -2.20. The first kappa shape index (κ1) is 14.4. The molecule has 118 valence electrons. The van der Waals surface area contributed by atoms with Gasteiger partial charge in [0.2, 0.25) is 0 Å².